The number of rotatable bonds is 4. The van der Waals surface area contributed by atoms with Gasteiger partial charge < -0.3 is 19.7 Å². The van der Waals surface area contributed by atoms with Crippen LogP contribution in [0.3, 0.4) is 0 Å². The summed E-state index contributed by atoms with van der Waals surface area (Å²) >= 11 is 0. The number of hydrogen-bond donors (Lipinski definition) is 1. The molecule has 6 heteroatoms. The number of carbonyl (C=O) groups is 1. The van der Waals surface area contributed by atoms with Gasteiger partial charge in [0.25, 0.3) is 5.91 Å². The van der Waals surface area contributed by atoms with Gasteiger partial charge in [-0.05, 0) is 17.5 Å². The summed E-state index contributed by atoms with van der Waals surface area (Å²) in [7, 11) is 1.58. The number of anilines is 2. The van der Waals surface area contributed by atoms with Crippen molar-refractivity contribution in [1.29, 1.82) is 0 Å². The van der Waals surface area contributed by atoms with Crippen LogP contribution >= 0.6 is 0 Å². The minimum Gasteiger partial charge on any atom is -0.495 e. The summed E-state index contributed by atoms with van der Waals surface area (Å²) < 4.78 is 10.8. The van der Waals surface area contributed by atoms with Crippen LogP contribution in [0.2, 0.25) is 0 Å². The molecule has 1 saturated heterocycles. The average Bonchev–Trinajstić information content (AvgIpc) is 2.74. The van der Waals surface area contributed by atoms with Gasteiger partial charge in [0, 0.05) is 24.7 Å². The fourth-order valence-corrected chi connectivity index (χ4v) is 3.32. The van der Waals surface area contributed by atoms with Crippen LogP contribution < -0.4 is 15.0 Å². The molecule has 1 fully saturated rings. The largest absolute Gasteiger partial charge is 0.495 e. The molecule has 6 nitrogen and oxygen atoms in total. The van der Waals surface area contributed by atoms with Gasteiger partial charge in [-0.2, -0.15) is 0 Å². The Morgan fingerprint density at radius 3 is 2.56 bits per heavy atom. The van der Waals surface area contributed by atoms with Crippen LogP contribution in [0.5, 0.6) is 5.75 Å². The van der Waals surface area contributed by atoms with E-state index >= 15 is 0 Å². The van der Waals surface area contributed by atoms with E-state index in [0.29, 0.717) is 30.2 Å². The van der Waals surface area contributed by atoms with Gasteiger partial charge >= 0.3 is 0 Å². The molecule has 1 aliphatic heterocycles. The SMILES string of the molecule is COc1ccccc1NC(=O)c1cnc(N2CCOCC2)c2ccccc12. The second-order valence-electron chi connectivity index (χ2n) is 6.29. The molecule has 0 spiro atoms. The van der Waals surface area contributed by atoms with Crippen molar-refractivity contribution >= 4 is 28.2 Å². The first kappa shape index (κ1) is 17.3. The summed E-state index contributed by atoms with van der Waals surface area (Å²) in [5.74, 6) is 1.30. The van der Waals surface area contributed by atoms with Gasteiger partial charge in [-0.3, -0.25) is 4.79 Å². The van der Waals surface area contributed by atoms with Crippen molar-refractivity contribution < 1.29 is 14.3 Å². The molecule has 2 heterocycles. The lowest BCUT2D eigenvalue weighted by Crippen LogP contribution is -2.37. The number of carbonyl (C=O) groups excluding carboxylic acids is 1. The molecule has 27 heavy (non-hydrogen) atoms. The number of nitrogens with one attached hydrogen (secondary N) is 1. The van der Waals surface area contributed by atoms with Crippen molar-refractivity contribution in [2.45, 2.75) is 0 Å². The van der Waals surface area contributed by atoms with Crippen molar-refractivity contribution in [1.82, 2.24) is 4.98 Å². The van der Waals surface area contributed by atoms with Crippen molar-refractivity contribution in [2.24, 2.45) is 0 Å². The molecule has 1 amide bonds. The highest BCUT2D eigenvalue weighted by Crippen LogP contribution is 2.29. The third kappa shape index (κ3) is 3.44. The first-order chi connectivity index (χ1) is 13.3. The van der Waals surface area contributed by atoms with Crippen LogP contribution in [-0.2, 0) is 4.74 Å². The summed E-state index contributed by atoms with van der Waals surface area (Å²) in [4.78, 5) is 19.8. The Morgan fingerprint density at radius 2 is 1.78 bits per heavy atom. The first-order valence-corrected chi connectivity index (χ1v) is 8.93. The summed E-state index contributed by atoms with van der Waals surface area (Å²) in [5, 5.41) is 4.77. The summed E-state index contributed by atoms with van der Waals surface area (Å²) in [6.07, 6.45) is 1.65. The minimum atomic E-state index is -0.211. The average molecular weight is 363 g/mol. The predicted molar refractivity (Wildman–Crippen MR) is 106 cm³/mol. The summed E-state index contributed by atoms with van der Waals surface area (Å²) in [6, 6.07) is 15.2. The topological polar surface area (TPSA) is 63.7 Å². The van der Waals surface area contributed by atoms with Gasteiger partial charge in [0.2, 0.25) is 0 Å². The normalized spacial score (nSPS) is 14.2. The molecule has 138 valence electrons. The number of fused-ring (bicyclic) bond motifs is 1. The van der Waals surface area contributed by atoms with Gasteiger partial charge in [0.05, 0.1) is 31.6 Å². The highest BCUT2D eigenvalue weighted by Gasteiger charge is 2.19. The van der Waals surface area contributed by atoms with E-state index in [1.54, 1.807) is 13.3 Å². The highest BCUT2D eigenvalue weighted by atomic mass is 16.5. The molecule has 3 aromatic rings. The number of methoxy groups -OCH3 is 1. The smallest absolute Gasteiger partial charge is 0.257 e. The number of para-hydroxylation sites is 2. The van der Waals surface area contributed by atoms with E-state index in [-0.39, 0.29) is 5.91 Å². The molecule has 0 aliphatic carbocycles. The second kappa shape index (κ2) is 7.63. The van der Waals surface area contributed by atoms with E-state index in [0.717, 1.165) is 29.7 Å². The molecule has 1 aromatic heterocycles. The van der Waals surface area contributed by atoms with Crippen LogP contribution in [0.1, 0.15) is 10.4 Å². The molecule has 0 atom stereocenters. The Labute approximate surface area is 157 Å². The zero-order chi connectivity index (χ0) is 18.6. The molecule has 1 N–H and O–H groups in total. The van der Waals surface area contributed by atoms with Gasteiger partial charge in [-0.1, -0.05) is 36.4 Å². The number of nitrogens with zero attached hydrogens (tertiary/aromatic N) is 2. The maximum absolute atomic E-state index is 12.9. The Kier molecular flexibility index (Phi) is 4.89. The molecule has 0 unspecified atom stereocenters. The zero-order valence-electron chi connectivity index (χ0n) is 15.1. The van der Waals surface area contributed by atoms with Crippen molar-refractivity contribution in [2.75, 3.05) is 43.6 Å². The molecular formula is C21H21N3O3. The molecular weight excluding hydrogens is 342 g/mol. The number of pyridine rings is 1. The molecule has 0 saturated carbocycles. The van der Waals surface area contributed by atoms with E-state index in [9.17, 15) is 4.79 Å². The fraction of sp³-hybridized carbons (Fsp3) is 0.238. The van der Waals surface area contributed by atoms with Crippen LogP contribution in [0.25, 0.3) is 10.8 Å². The van der Waals surface area contributed by atoms with Crippen LogP contribution in [0, 0.1) is 0 Å². The quantitative estimate of drug-likeness (QED) is 0.770. The van der Waals surface area contributed by atoms with E-state index in [1.165, 1.54) is 0 Å². The zero-order valence-corrected chi connectivity index (χ0v) is 15.1. The number of hydrogen-bond acceptors (Lipinski definition) is 5. The van der Waals surface area contributed by atoms with Gasteiger partial charge in [0.1, 0.15) is 11.6 Å². The minimum absolute atomic E-state index is 0.211. The third-order valence-corrected chi connectivity index (χ3v) is 4.68. The Morgan fingerprint density at radius 1 is 1.07 bits per heavy atom. The third-order valence-electron chi connectivity index (χ3n) is 4.68. The van der Waals surface area contributed by atoms with Gasteiger partial charge in [-0.25, -0.2) is 4.98 Å². The maximum Gasteiger partial charge on any atom is 0.257 e. The number of morpholine rings is 1. The van der Waals surface area contributed by atoms with Gasteiger partial charge in [-0.15, -0.1) is 0 Å². The predicted octanol–water partition coefficient (Wildman–Crippen LogP) is 3.33. The first-order valence-electron chi connectivity index (χ1n) is 8.93. The van der Waals surface area contributed by atoms with Crippen LogP contribution in [0.4, 0.5) is 11.5 Å². The fourth-order valence-electron chi connectivity index (χ4n) is 3.32. The van der Waals surface area contributed by atoms with Crippen LogP contribution in [-0.4, -0.2) is 44.3 Å². The Balaban J connectivity index is 1.71. The van der Waals surface area contributed by atoms with Crippen molar-refractivity contribution in [3.05, 3.63) is 60.3 Å². The van der Waals surface area contributed by atoms with E-state index in [4.69, 9.17) is 9.47 Å². The Bertz CT molecular complexity index is 968. The summed E-state index contributed by atoms with van der Waals surface area (Å²) in [6.45, 7) is 2.96. The lowest BCUT2D eigenvalue weighted by Gasteiger charge is -2.29. The van der Waals surface area contributed by atoms with Crippen LogP contribution in [0.15, 0.2) is 54.7 Å². The van der Waals surface area contributed by atoms with Crippen molar-refractivity contribution in [3.63, 3.8) is 0 Å². The molecule has 0 radical (unpaired) electrons. The Hall–Kier alpha value is -3.12. The lowest BCUT2D eigenvalue weighted by molar-refractivity contribution is 0.102. The molecule has 4 rings (SSSR count). The van der Waals surface area contributed by atoms with E-state index < -0.39 is 0 Å². The lowest BCUT2D eigenvalue weighted by atomic mass is 10.1. The van der Waals surface area contributed by atoms with Crippen molar-refractivity contribution in [3.8, 4) is 5.75 Å². The van der Waals surface area contributed by atoms with E-state index in [2.05, 4.69) is 15.2 Å². The molecule has 1 aliphatic rings. The monoisotopic (exact) mass is 363 g/mol. The summed E-state index contributed by atoms with van der Waals surface area (Å²) in [5.41, 5.74) is 1.17. The highest BCUT2D eigenvalue weighted by molar-refractivity contribution is 6.14. The standard InChI is InChI=1S/C21H21N3O3/c1-26-19-9-5-4-8-18(19)23-21(25)17-14-22-20(24-10-12-27-13-11-24)16-7-3-2-6-15(16)17/h2-9,14H,10-13H2,1H3,(H,23,25). The number of benzene rings is 2. The number of amides is 1. The molecule has 0 bridgehead atoms. The number of aromatic nitrogens is 1. The second-order valence-corrected chi connectivity index (χ2v) is 6.29. The maximum atomic E-state index is 12.9. The molecule has 2 aromatic carbocycles. The van der Waals surface area contributed by atoms with Gasteiger partial charge in [0.15, 0.2) is 0 Å². The van der Waals surface area contributed by atoms with E-state index in [1.807, 2.05) is 48.5 Å². The number of ether oxygens (including phenoxy) is 2.